The lowest BCUT2D eigenvalue weighted by molar-refractivity contribution is 0.874. The Morgan fingerprint density at radius 1 is 0.944 bits per heavy atom. The van der Waals surface area contributed by atoms with E-state index in [1.165, 1.54) is 16.8 Å². The minimum Gasteiger partial charge on any atom is -0.399 e. The maximum Gasteiger partial charge on any atom is 0.0661 e. The van der Waals surface area contributed by atoms with Gasteiger partial charge in [-0.25, -0.2) is 0 Å². The number of halogens is 2. The number of fused-ring (bicyclic) bond motifs is 1. The lowest BCUT2D eigenvalue weighted by atomic mass is 10.1. The van der Waals surface area contributed by atoms with Crippen LogP contribution in [0.5, 0.6) is 0 Å². The highest BCUT2D eigenvalue weighted by atomic mass is 79.9. The molecule has 2 aromatic rings. The molecule has 2 aromatic carbocycles. The van der Waals surface area contributed by atoms with E-state index in [9.17, 15) is 0 Å². The Hall–Kier alpha value is -1.000. The Labute approximate surface area is 123 Å². The van der Waals surface area contributed by atoms with E-state index in [1.54, 1.807) is 0 Å². The van der Waals surface area contributed by atoms with Crippen molar-refractivity contribution in [2.45, 2.75) is 13.1 Å². The first kappa shape index (κ1) is 12.1. The lowest BCUT2D eigenvalue weighted by Gasteiger charge is -2.21. The Bertz CT molecular complexity index is 590. The van der Waals surface area contributed by atoms with Crippen LogP contribution in [-0.2, 0) is 13.1 Å². The molecular formula is C14H12Br2N2. The van der Waals surface area contributed by atoms with Crippen LogP contribution < -0.4 is 10.6 Å². The molecule has 2 N–H and O–H groups in total. The largest absolute Gasteiger partial charge is 0.399 e. The molecule has 0 aliphatic carbocycles. The van der Waals surface area contributed by atoms with Crippen LogP contribution in [0.15, 0.2) is 45.3 Å². The zero-order valence-electron chi connectivity index (χ0n) is 9.66. The Morgan fingerprint density at radius 2 is 1.61 bits per heavy atom. The van der Waals surface area contributed by atoms with Crippen LogP contribution in [0.25, 0.3) is 0 Å². The number of benzene rings is 2. The number of nitrogens with two attached hydrogens (primary N) is 1. The van der Waals surface area contributed by atoms with Crippen LogP contribution in [0.3, 0.4) is 0 Å². The van der Waals surface area contributed by atoms with Crippen molar-refractivity contribution in [1.29, 1.82) is 0 Å². The molecule has 3 rings (SSSR count). The number of para-hydroxylation sites is 1. The van der Waals surface area contributed by atoms with Gasteiger partial charge in [0.05, 0.1) is 5.69 Å². The van der Waals surface area contributed by atoms with Crippen molar-refractivity contribution in [3.63, 3.8) is 0 Å². The van der Waals surface area contributed by atoms with Crippen LogP contribution in [0.1, 0.15) is 11.1 Å². The summed E-state index contributed by atoms with van der Waals surface area (Å²) in [6, 6.07) is 12.3. The van der Waals surface area contributed by atoms with Crippen molar-refractivity contribution in [1.82, 2.24) is 0 Å². The predicted octanol–water partition coefficient (Wildman–Crippen LogP) is 4.31. The molecular weight excluding hydrogens is 356 g/mol. The van der Waals surface area contributed by atoms with Crippen molar-refractivity contribution in [3.05, 3.63) is 56.5 Å². The maximum atomic E-state index is 5.84. The third kappa shape index (κ3) is 2.04. The highest BCUT2D eigenvalue weighted by Crippen LogP contribution is 2.38. The second-order valence-corrected chi connectivity index (χ2v) is 6.16. The van der Waals surface area contributed by atoms with Crippen molar-refractivity contribution >= 4 is 43.2 Å². The van der Waals surface area contributed by atoms with Crippen LogP contribution in [0.2, 0.25) is 0 Å². The van der Waals surface area contributed by atoms with E-state index in [1.807, 2.05) is 12.1 Å². The lowest BCUT2D eigenvalue weighted by Crippen LogP contribution is -2.15. The van der Waals surface area contributed by atoms with Gasteiger partial charge in [0, 0.05) is 27.7 Å². The number of nitrogens with zero attached hydrogens (tertiary/aromatic N) is 1. The summed E-state index contributed by atoms with van der Waals surface area (Å²) in [6.07, 6.45) is 0. The summed E-state index contributed by atoms with van der Waals surface area (Å²) in [5.41, 5.74) is 10.5. The normalized spacial score (nSPS) is 13.8. The van der Waals surface area contributed by atoms with E-state index in [2.05, 4.69) is 61.0 Å². The molecule has 0 radical (unpaired) electrons. The fourth-order valence-electron chi connectivity index (χ4n) is 2.36. The van der Waals surface area contributed by atoms with E-state index in [0.717, 1.165) is 27.7 Å². The third-order valence-electron chi connectivity index (χ3n) is 3.21. The zero-order valence-corrected chi connectivity index (χ0v) is 12.8. The minimum atomic E-state index is 0.835. The smallest absolute Gasteiger partial charge is 0.0661 e. The van der Waals surface area contributed by atoms with Crippen molar-refractivity contribution in [2.24, 2.45) is 0 Å². The highest BCUT2D eigenvalue weighted by molar-refractivity contribution is 9.11. The summed E-state index contributed by atoms with van der Waals surface area (Å²) in [5, 5.41) is 0. The third-order valence-corrected chi connectivity index (χ3v) is 4.49. The van der Waals surface area contributed by atoms with Gasteiger partial charge in [0.25, 0.3) is 0 Å². The van der Waals surface area contributed by atoms with Crippen LogP contribution in [0, 0.1) is 0 Å². The zero-order chi connectivity index (χ0) is 12.7. The second-order valence-electron chi connectivity index (χ2n) is 4.45. The molecule has 0 aromatic heterocycles. The molecule has 18 heavy (non-hydrogen) atoms. The molecule has 1 heterocycles. The monoisotopic (exact) mass is 366 g/mol. The first-order valence-electron chi connectivity index (χ1n) is 5.71. The Balaban J connectivity index is 1.99. The molecule has 0 spiro atoms. The van der Waals surface area contributed by atoms with Gasteiger partial charge >= 0.3 is 0 Å². The van der Waals surface area contributed by atoms with E-state index in [-0.39, 0.29) is 0 Å². The Morgan fingerprint density at radius 3 is 2.33 bits per heavy atom. The van der Waals surface area contributed by atoms with Crippen LogP contribution in [0.4, 0.5) is 11.4 Å². The average Bonchev–Trinajstić information content (AvgIpc) is 2.71. The summed E-state index contributed by atoms with van der Waals surface area (Å²) in [5.74, 6) is 0. The summed E-state index contributed by atoms with van der Waals surface area (Å²) >= 11 is 7.24. The molecule has 0 atom stereocenters. The molecule has 0 saturated carbocycles. The van der Waals surface area contributed by atoms with E-state index in [4.69, 9.17) is 5.73 Å². The number of nitrogen functional groups attached to an aromatic ring is 1. The van der Waals surface area contributed by atoms with E-state index < -0.39 is 0 Å². The van der Waals surface area contributed by atoms with Gasteiger partial charge < -0.3 is 10.6 Å². The minimum absolute atomic E-state index is 0.835. The summed E-state index contributed by atoms with van der Waals surface area (Å²) in [4.78, 5) is 2.35. The number of hydrogen-bond acceptors (Lipinski definition) is 2. The van der Waals surface area contributed by atoms with Gasteiger partial charge in [-0.3, -0.25) is 0 Å². The molecule has 1 aliphatic heterocycles. The van der Waals surface area contributed by atoms with Crippen molar-refractivity contribution in [3.8, 4) is 0 Å². The number of hydrogen-bond donors (Lipinski definition) is 1. The van der Waals surface area contributed by atoms with Crippen molar-refractivity contribution in [2.75, 3.05) is 10.6 Å². The molecule has 92 valence electrons. The van der Waals surface area contributed by atoms with Gasteiger partial charge in [0.1, 0.15) is 0 Å². The molecule has 4 heteroatoms. The Kier molecular flexibility index (Phi) is 3.08. The van der Waals surface area contributed by atoms with Crippen LogP contribution in [-0.4, -0.2) is 0 Å². The van der Waals surface area contributed by atoms with Gasteiger partial charge in [0.15, 0.2) is 0 Å². The van der Waals surface area contributed by atoms with Gasteiger partial charge in [-0.2, -0.15) is 0 Å². The van der Waals surface area contributed by atoms with Gasteiger partial charge in [-0.15, -0.1) is 0 Å². The van der Waals surface area contributed by atoms with Gasteiger partial charge in [-0.05, 0) is 67.3 Å². The maximum absolute atomic E-state index is 5.84. The topological polar surface area (TPSA) is 29.3 Å². The van der Waals surface area contributed by atoms with Gasteiger partial charge in [-0.1, -0.05) is 12.1 Å². The predicted molar refractivity (Wildman–Crippen MR) is 82.6 cm³/mol. The number of anilines is 2. The standard InChI is InChI=1S/C14H12Br2N2/c15-12-2-1-3-13(16)14(12)18-7-9-4-5-11(17)6-10(9)8-18/h1-6H,7-8,17H2. The molecule has 0 fully saturated rings. The summed E-state index contributed by atoms with van der Waals surface area (Å²) in [7, 11) is 0. The molecule has 0 saturated heterocycles. The summed E-state index contributed by atoms with van der Waals surface area (Å²) in [6.45, 7) is 1.83. The van der Waals surface area contributed by atoms with Gasteiger partial charge in [0.2, 0.25) is 0 Å². The first-order chi connectivity index (χ1) is 8.65. The fourth-order valence-corrected chi connectivity index (χ4v) is 3.86. The van der Waals surface area contributed by atoms with Crippen molar-refractivity contribution < 1.29 is 0 Å². The van der Waals surface area contributed by atoms with E-state index >= 15 is 0 Å². The first-order valence-corrected chi connectivity index (χ1v) is 7.30. The van der Waals surface area contributed by atoms with Crippen LogP contribution >= 0.6 is 31.9 Å². The van der Waals surface area contributed by atoms with E-state index in [0.29, 0.717) is 0 Å². The highest BCUT2D eigenvalue weighted by Gasteiger charge is 2.22. The average molecular weight is 368 g/mol. The molecule has 1 aliphatic rings. The molecule has 0 bridgehead atoms. The second kappa shape index (κ2) is 4.59. The summed E-state index contributed by atoms with van der Waals surface area (Å²) < 4.78 is 2.22. The molecule has 0 amide bonds. The molecule has 0 unspecified atom stereocenters. The fraction of sp³-hybridized carbons (Fsp3) is 0.143. The molecule has 2 nitrogen and oxygen atoms in total. The quantitative estimate of drug-likeness (QED) is 0.760. The number of rotatable bonds is 1. The SMILES string of the molecule is Nc1ccc2c(c1)CN(c1c(Br)cccc1Br)C2.